The van der Waals surface area contributed by atoms with Crippen molar-refractivity contribution in [2.45, 2.75) is 13.0 Å². The molecular formula is C17H14ClN3O. The van der Waals surface area contributed by atoms with Crippen LogP contribution in [0.3, 0.4) is 0 Å². The Morgan fingerprint density at radius 2 is 1.91 bits per heavy atom. The molecule has 1 N–H and O–H groups in total. The van der Waals surface area contributed by atoms with Gasteiger partial charge in [0.2, 0.25) is 0 Å². The average molecular weight is 312 g/mol. The Kier molecular flexibility index (Phi) is 4.02. The molecule has 0 spiro atoms. The molecule has 3 aromatic rings. The normalized spacial score (nSPS) is 12.1. The van der Waals surface area contributed by atoms with Crippen molar-refractivity contribution in [1.29, 1.82) is 0 Å². The molecule has 3 rings (SSSR count). The Labute approximate surface area is 133 Å². The number of nitrogens with one attached hydrogen (secondary N) is 1. The third-order valence-corrected chi connectivity index (χ3v) is 3.61. The summed E-state index contributed by atoms with van der Waals surface area (Å²) >= 11 is 5.97. The van der Waals surface area contributed by atoms with Crippen LogP contribution < -0.4 is 5.32 Å². The smallest absolute Gasteiger partial charge is 0.271 e. The van der Waals surface area contributed by atoms with Gasteiger partial charge in [0, 0.05) is 5.02 Å². The number of aromatic nitrogens is 2. The zero-order valence-electron chi connectivity index (χ0n) is 12.0. The van der Waals surface area contributed by atoms with Crippen molar-refractivity contribution < 1.29 is 4.79 Å². The van der Waals surface area contributed by atoms with Gasteiger partial charge in [-0.25, -0.2) is 4.98 Å². The molecule has 1 amide bonds. The zero-order valence-corrected chi connectivity index (χ0v) is 12.7. The van der Waals surface area contributed by atoms with Crippen LogP contribution in [0.25, 0.3) is 11.0 Å². The third kappa shape index (κ3) is 3.07. The lowest BCUT2D eigenvalue weighted by Crippen LogP contribution is -2.27. The molecule has 0 aliphatic heterocycles. The van der Waals surface area contributed by atoms with Crippen molar-refractivity contribution in [3.8, 4) is 0 Å². The predicted octanol–water partition coefficient (Wildman–Crippen LogP) is 3.77. The van der Waals surface area contributed by atoms with Crippen molar-refractivity contribution in [2.24, 2.45) is 0 Å². The fraction of sp³-hybridized carbons (Fsp3) is 0.118. The molecule has 1 unspecified atom stereocenters. The van der Waals surface area contributed by atoms with E-state index in [1.54, 1.807) is 6.07 Å². The molecule has 1 aromatic heterocycles. The number of carbonyl (C=O) groups excluding carboxylic acids is 1. The van der Waals surface area contributed by atoms with E-state index in [1.807, 2.05) is 49.4 Å². The average Bonchev–Trinajstić information content (AvgIpc) is 2.54. The third-order valence-electron chi connectivity index (χ3n) is 3.38. The van der Waals surface area contributed by atoms with E-state index < -0.39 is 0 Å². The van der Waals surface area contributed by atoms with Gasteiger partial charge in [0.15, 0.2) is 0 Å². The number of amides is 1. The first-order valence-corrected chi connectivity index (χ1v) is 7.29. The first kappa shape index (κ1) is 14.5. The summed E-state index contributed by atoms with van der Waals surface area (Å²) in [6, 6.07) is 14.7. The Morgan fingerprint density at radius 3 is 2.68 bits per heavy atom. The standard InChI is InChI=1S/C17H14ClN3O/c1-11(12-5-4-6-13(18)9-12)20-17(22)16-10-19-14-7-2-3-8-15(14)21-16/h2-11H,1H3,(H,20,22). The van der Waals surface area contributed by atoms with Gasteiger partial charge in [-0.3, -0.25) is 9.78 Å². The molecule has 0 fully saturated rings. The molecule has 1 atom stereocenters. The maximum Gasteiger partial charge on any atom is 0.271 e. The molecule has 22 heavy (non-hydrogen) atoms. The Balaban J connectivity index is 1.80. The summed E-state index contributed by atoms with van der Waals surface area (Å²) in [7, 11) is 0. The highest BCUT2D eigenvalue weighted by Crippen LogP contribution is 2.18. The van der Waals surface area contributed by atoms with E-state index in [4.69, 9.17) is 11.6 Å². The molecule has 5 heteroatoms. The molecule has 0 saturated heterocycles. The van der Waals surface area contributed by atoms with Crippen molar-refractivity contribution in [2.75, 3.05) is 0 Å². The van der Waals surface area contributed by atoms with Gasteiger partial charge in [-0.15, -0.1) is 0 Å². The minimum absolute atomic E-state index is 0.167. The second kappa shape index (κ2) is 6.12. The van der Waals surface area contributed by atoms with E-state index in [0.717, 1.165) is 11.1 Å². The number of hydrogen-bond donors (Lipinski definition) is 1. The van der Waals surface area contributed by atoms with Crippen LogP contribution in [0.4, 0.5) is 0 Å². The SMILES string of the molecule is CC(NC(=O)c1cnc2ccccc2n1)c1cccc(Cl)c1. The number of carbonyl (C=O) groups is 1. The number of rotatable bonds is 3. The second-order valence-electron chi connectivity index (χ2n) is 4.99. The highest BCUT2D eigenvalue weighted by molar-refractivity contribution is 6.30. The van der Waals surface area contributed by atoms with Crippen LogP contribution in [0.2, 0.25) is 5.02 Å². The number of hydrogen-bond acceptors (Lipinski definition) is 3. The highest BCUT2D eigenvalue weighted by atomic mass is 35.5. The largest absolute Gasteiger partial charge is 0.344 e. The molecule has 0 bridgehead atoms. The van der Waals surface area contributed by atoms with Gasteiger partial charge in [0.1, 0.15) is 5.69 Å². The minimum atomic E-state index is -0.259. The molecule has 0 aliphatic carbocycles. The molecule has 2 aromatic carbocycles. The first-order valence-electron chi connectivity index (χ1n) is 6.91. The predicted molar refractivity (Wildman–Crippen MR) is 86.9 cm³/mol. The number of halogens is 1. The van der Waals surface area contributed by atoms with E-state index in [-0.39, 0.29) is 11.9 Å². The van der Waals surface area contributed by atoms with E-state index >= 15 is 0 Å². The van der Waals surface area contributed by atoms with Crippen LogP contribution in [0, 0.1) is 0 Å². The topological polar surface area (TPSA) is 54.9 Å². The summed E-state index contributed by atoms with van der Waals surface area (Å²) in [6.45, 7) is 1.90. The molecule has 1 heterocycles. The Morgan fingerprint density at radius 1 is 1.14 bits per heavy atom. The van der Waals surface area contributed by atoms with E-state index in [2.05, 4.69) is 15.3 Å². The Hall–Kier alpha value is -2.46. The highest BCUT2D eigenvalue weighted by Gasteiger charge is 2.13. The molecular weight excluding hydrogens is 298 g/mol. The molecule has 0 saturated carbocycles. The van der Waals surface area contributed by atoms with Gasteiger partial charge in [-0.1, -0.05) is 35.9 Å². The van der Waals surface area contributed by atoms with Crippen LogP contribution >= 0.6 is 11.6 Å². The second-order valence-corrected chi connectivity index (χ2v) is 5.43. The maximum absolute atomic E-state index is 12.3. The lowest BCUT2D eigenvalue weighted by atomic mass is 10.1. The van der Waals surface area contributed by atoms with Gasteiger partial charge < -0.3 is 5.32 Å². The van der Waals surface area contributed by atoms with Crippen molar-refractivity contribution in [3.05, 3.63) is 71.0 Å². The monoisotopic (exact) mass is 311 g/mol. The molecule has 4 nitrogen and oxygen atoms in total. The summed E-state index contributed by atoms with van der Waals surface area (Å²) in [5.74, 6) is -0.259. The number of fused-ring (bicyclic) bond motifs is 1. The van der Waals surface area contributed by atoms with Crippen LogP contribution in [0.1, 0.15) is 29.0 Å². The van der Waals surface area contributed by atoms with E-state index in [1.165, 1.54) is 6.20 Å². The number of nitrogens with zero attached hydrogens (tertiary/aromatic N) is 2. The van der Waals surface area contributed by atoms with Gasteiger partial charge in [-0.05, 0) is 36.8 Å². The number of benzene rings is 2. The van der Waals surface area contributed by atoms with Crippen LogP contribution in [0.15, 0.2) is 54.7 Å². The van der Waals surface area contributed by atoms with Crippen molar-refractivity contribution >= 4 is 28.5 Å². The summed E-state index contributed by atoms with van der Waals surface area (Å²) in [5, 5.41) is 3.55. The lowest BCUT2D eigenvalue weighted by Gasteiger charge is -2.14. The molecule has 0 radical (unpaired) electrons. The molecule has 110 valence electrons. The molecule has 0 aliphatic rings. The van der Waals surface area contributed by atoms with Crippen LogP contribution in [0.5, 0.6) is 0 Å². The van der Waals surface area contributed by atoms with Crippen LogP contribution in [-0.4, -0.2) is 15.9 Å². The van der Waals surface area contributed by atoms with Crippen LogP contribution in [-0.2, 0) is 0 Å². The fourth-order valence-corrected chi connectivity index (χ4v) is 2.40. The lowest BCUT2D eigenvalue weighted by molar-refractivity contribution is 0.0935. The fourth-order valence-electron chi connectivity index (χ4n) is 2.20. The number of para-hydroxylation sites is 2. The van der Waals surface area contributed by atoms with Gasteiger partial charge in [0.25, 0.3) is 5.91 Å². The van der Waals surface area contributed by atoms with Gasteiger partial charge >= 0.3 is 0 Å². The summed E-state index contributed by atoms with van der Waals surface area (Å²) in [6.07, 6.45) is 1.49. The summed E-state index contributed by atoms with van der Waals surface area (Å²) in [5.41, 5.74) is 2.70. The quantitative estimate of drug-likeness (QED) is 0.801. The zero-order chi connectivity index (χ0) is 15.5. The van der Waals surface area contributed by atoms with Crippen molar-refractivity contribution in [1.82, 2.24) is 15.3 Å². The van der Waals surface area contributed by atoms with Gasteiger partial charge in [-0.2, -0.15) is 0 Å². The van der Waals surface area contributed by atoms with Gasteiger partial charge in [0.05, 0.1) is 23.3 Å². The minimum Gasteiger partial charge on any atom is -0.344 e. The maximum atomic E-state index is 12.3. The van der Waals surface area contributed by atoms with Crippen molar-refractivity contribution in [3.63, 3.8) is 0 Å². The summed E-state index contributed by atoms with van der Waals surface area (Å²) < 4.78 is 0. The summed E-state index contributed by atoms with van der Waals surface area (Å²) in [4.78, 5) is 20.9. The van der Waals surface area contributed by atoms with E-state index in [0.29, 0.717) is 16.2 Å². The Bertz CT molecular complexity index is 835. The first-order chi connectivity index (χ1) is 10.6. The van der Waals surface area contributed by atoms with E-state index in [9.17, 15) is 4.79 Å².